The molecule has 10 heteroatoms. The van der Waals surface area contributed by atoms with Crippen LogP contribution in [0.5, 0.6) is 11.5 Å². The minimum absolute atomic E-state index is 0. The van der Waals surface area contributed by atoms with Crippen LogP contribution < -0.4 is 25.2 Å². The molecule has 0 saturated carbocycles. The second-order valence-corrected chi connectivity index (χ2v) is 9.75. The van der Waals surface area contributed by atoms with Gasteiger partial charge in [0.05, 0.1) is 12.0 Å². The number of hydrogen-bond acceptors (Lipinski definition) is 6. The molecule has 2 rings (SSSR count). The van der Waals surface area contributed by atoms with E-state index < -0.39 is 10.0 Å². The van der Waals surface area contributed by atoms with E-state index in [0.29, 0.717) is 24.6 Å². The summed E-state index contributed by atoms with van der Waals surface area (Å²) < 4.78 is 33.6. The third kappa shape index (κ3) is 9.44. The Balaban J connectivity index is 0.00000512. The van der Waals surface area contributed by atoms with Gasteiger partial charge in [-0.15, -0.1) is 12.4 Å². The highest BCUT2D eigenvalue weighted by Gasteiger charge is 2.15. The maximum absolute atomic E-state index is 11.9. The maximum atomic E-state index is 11.9. The molecule has 0 saturated heterocycles. The van der Waals surface area contributed by atoms with E-state index in [1.165, 1.54) is 12.1 Å². The number of methoxy groups -OCH3 is 1. The van der Waals surface area contributed by atoms with Crippen molar-refractivity contribution in [2.75, 3.05) is 20.3 Å². The zero-order valence-corrected chi connectivity index (χ0v) is 20.4. The number of ether oxygens (including phenoxy) is 2. The van der Waals surface area contributed by atoms with E-state index in [1.54, 1.807) is 25.3 Å². The fourth-order valence-electron chi connectivity index (χ4n) is 2.85. The summed E-state index contributed by atoms with van der Waals surface area (Å²) in [7, 11) is -2.11. The second kappa shape index (κ2) is 12.1. The molecule has 0 radical (unpaired) electrons. The average Bonchev–Trinajstić information content (AvgIpc) is 2.68. The largest absolute Gasteiger partial charge is 0.493 e. The van der Waals surface area contributed by atoms with Crippen molar-refractivity contribution in [2.24, 2.45) is 5.14 Å². The Bertz CT molecular complexity index is 990. The molecule has 0 bridgehead atoms. The van der Waals surface area contributed by atoms with Crippen LogP contribution in [0, 0.1) is 0 Å². The summed E-state index contributed by atoms with van der Waals surface area (Å²) in [6, 6.07) is 12.1. The van der Waals surface area contributed by atoms with Gasteiger partial charge in [0.2, 0.25) is 10.0 Å². The molecule has 0 heterocycles. The summed E-state index contributed by atoms with van der Waals surface area (Å²) in [5.74, 6) is 0.865. The molecule has 32 heavy (non-hydrogen) atoms. The van der Waals surface area contributed by atoms with Crippen molar-refractivity contribution in [2.45, 2.75) is 44.2 Å². The van der Waals surface area contributed by atoms with Gasteiger partial charge in [-0.1, -0.05) is 18.2 Å². The first kappa shape index (κ1) is 27.7. The lowest BCUT2D eigenvalue weighted by molar-refractivity contribution is -0.124. The van der Waals surface area contributed by atoms with Crippen LogP contribution in [0.15, 0.2) is 47.4 Å². The van der Waals surface area contributed by atoms with Gasteiger partial charge in [0.1, 0.15) is 0 Å². The van der Waals surface area contributed by atoms with E-state index in [4.69, 9.17) is 14.6 Å². The normalized spacial score (nSPS) is 11.4. The highest BCUT2D eigenvalue weighted by atomic mass is 35.5. The van der Waals surface area contributed by atoms with Crippen molar-refractivity contribution < 1.29 is 22.7 Å². The van der Waals surface area contributed by atoms with Crippen LogP contribution in [0.3, 0.4) is 0 Å². The van der Waals surface area contributed by atoms with Gasteiger partial charge >= 0.3 is 0 Å². The molecule has 4 N–H and O–H groups in total. The summed E-state index contributed by atoms with van der Waals surface area (Å²) in [4.78, 5) is 12.0. The highest BCUT2D eigenvalue weighted by Crippen LogP contribution is 2.28. The van der Waals surface area contributed by atoms with Crippen molar-refractivity contribution in [1.29, 1.82) is 0 Å². The van der Waals surface area contributed by atoms with Crippen molar-refractivity contribution in [1.82, 2.24) is 10.6 Å². The Morgan fingerprint density at radius 3 is 2.22 bits per heavy atom. The van der Waals surface area contributed by atoms with E-state index >= 15 is 0 Å². The summed E-state index contributed by atoms with van der Waals surface area (Å²) in [5, 5.41) is 11.3. The van der Waals surface area contributed by atoms with Gasteiger partial charge in [0.25, 0.3) is 5.91 Å². The van der Waals surface area contributed by atoms with Gasteiger partial charge in [-0.3, -0.25) is 4.79 Å². The number of halogens is 1. The molecule has 0 aliphatic rings. The van der Waals surface area contributed by atoms with Gasteiger partial charge in [-0.25, -0.2) is 13.6 Å². The Labute approximate surface area is 196 Å². The number of carbonyl (C=O) groups excluding carboxylic acids is 1. The Morgan fingerprint density at radius 2 is 1.66 bits per heavy atom. The summed E-state index contributed by atoms with van der Waals surface area (Å²) >= 11 is 0. The minimum Gasteiger partial charge on any atom is -0.493 e. The number of amides is 1. The number of carbonyl (C=O) groups is 1. The molecule has 0 atom stereocenters. The number of sulfonamides is 1. The molecule has 2 aromatic rings. The van der Waals surface area contributed by atoms with Crippen molar-refractivity contribution in [3.05, 3.63) is 53.6 Å². The number of nitrogens with one attached hydrogen (secondary N) is 2. The third-order valence-electron chi connectivity index (χ3n) is 4.27. The molecular formula is C22H32ClN3O5S. The van der Waals surface area contributed by atoms with Crippen LogP contribution in [0.25, 0.3) is 0 Å². The van der Waals surface area contributed by atoms with Gasteiger partial charge in [-0.05, 0) is 69.1 Å². The van der Waals surface area contributed by atoms with Crippen LogP contribution in [0.1, 0.15) is 31.9 Å². The smallest absolute Gasteiger partial charge is 0.258 e. The molecule has 2 aromatic carbocycles. The highest BCUT2D eigenvalue weighted by molar-refractivity contribution is 7.89. The maximum Gasteiger partial charge on any atom is 0.258 e. The number of benzene rings is 2. The number of hydrogen-bond donors (Lipinski definition) is 3. The van der Waals surface area contributed by atoms with Crippen molar-refractivity contribution in [3.8, 4) is 11.5 Å². The Kier molecular flexibility index (Phi) is 10.4. The molecule has 0 unspecified atom stereocenters. The Morgan fingerprint density at radius 1 is 1.03 bits per heavy atom. The predicted octanol–water partition coefficient (Wildman–Crippen LogP) is 2.39. The molecule has 8 nitrogen and oxygen atoms in total. The van der Waals surface area contributed by atoms with Crippen LogP contribution in [-0.4, -0.2) is 40.1 Å². The summed E-state index contributed by atoms with van der Waals surface area (Å²) in [5.41, 5.74) is 1.70. The van der Waals surface area contributed by atoms with Gasteiger partial charge in [-0.2, -0.15) is 0 Å². The molecular weight excluding hydrogens is 454 g/mol. The topological polar surface area (TPSA) is 120 Å². The van der Waals surface area contributed by atoms with E-state index in [9.17, 15) is 13.2 Å². The quantitative estimate of drug-likeness (QED) is 0.444. The number of primary sulfonamides is 1. The molecule has 0 aliphatic heterocycles. The van der Waals surface area contributed by atoms with Gasteiger partial charge < -0.3 is 20.1 Å². The molecule has 0 aromatic heterocycles. The first-order valence-electron chi connectivity index (χ1n) is 9.91. The second-order valence-electron chi connectivity index (χ2n) is 8.19. The summed E-state index contributed by atoms with van der Waals surface area (Å²) in [6.45, 7) is 6.97. The lowest BCUT2D eigenvalue weighted by atomic mass is 10.1. The van der Waals surface area contributed by atoms with Crippen LogP contribution in [0.4, 0.5) is 0 Å². The molecule has 0 aliphatic carbocycles. The van der Waals surface area contributed by atoms with Gasteiger partial charge in [0.15, 0.2) is 18.1 Å². The molecule has 178 valence electrons. The predicted molar refractivity (Wildman–Crippen MR) is 127 cm³/mol. The monoisotopic (exact) mass is 485 g/mol. The van der Waals surface area contributed by atoms with Gasteiger partial charge in [0, 0.05) is 12.1 Å². The lowest BCUT2D eigenvalue weighted by Crippen LogP contribution is -2.43. The van der Waals surface area contributed by atoms with Crippen LogP contribution in [-0.2, 0) is 27.8 Å². The molecule has 1 amide bonds. The van der Waals surface area contributed by atoms with Crippen LogP contribution in [0.2, 0.25) is 0 Å². The molecule has 0 spiro atoms. The number of nitrogens with two attached hydrogens (primary N) is 1. The van der Waals surface area contributed by atoms with E-state index in [-0.39, 0.29) is 35.4 Å². The zero-order valence-electron chi connectivity index (χ0n) is 18.8. The lowest BCUT2D eigenvalue weighted by Gasteiger charge is -2.20. The summed E-state index contributed by atoms with van der Waals surface area (Å²) in [6.07, 6.45) is 0.742. The van der Waals surface area contributed by atoms with Crippen molar-refractivity contribution >= 4 is 28.3 Å². The number of rotatable bonds is 10. The van der Waals surface area contributed by atoms with Crippen LogP contribution >= 0.6 is 12.4 Å². The SMILES string of the molecule is COc1cc(CNCCc2ccc(S(N)(=O)=O)cc2)ccc1OCC(=O)NC(C)(C)C.Cl. The van der Waals surface area contributed by atoms with E-state index in [2.05, 4.69) is 10.6 Å². The minimum atomic E-state index is -3.67. The Hall–Kier alpha value is -2.33. The fraction of sp³-hybridized carbons (Fsp3) is 0.409. The first-order chi connectivity index (χ1) is 14.5. The first-order valence-corrected chi connectivity index (χ1v) is 11.5. The third-order valence-corrected chi connectivity index (χ3v) is 5.20. The fourth-order valence-corrected chi connectivity index (χ4v) is 3.37. The average molecular weight is 486 g/mol. The zero-order chi connectivity index (χ0) is 23.1. The van der Waals surface area contributed by atoms with E-state index in [0.717, 1.165) is 17.5 Å². The van der Waals surface area contributed by atoms with Crippen molar-refractivity contribution in [3.63, 3.8) is 0 Å². The van der Waals surface area contributed by atoms with E-state index in [1.807, 2.05) is 32.9 Å². The molecule has 0 fully saturated rings. The standard InChI is InChI=1S/C22H31N3O5S.ClH/c1-22(2,3)25-21(26)15-30-19-10-7-17(13-20(19)29-4)14-24-12-11-16-5-8-18(9-6-16)31(23,27)28;/h5-10,13,24H,11-12,14-15H2,1-4H3,(H,25,26)(H2,23,27,28);1H.